The topological polar surface area (TPSA) is 95.9 Å². The van der Waals surface area contributed by atoms with Gasteiger partial charge in [-0.25, -0.2) is 4.98 Å². The number of hydrogen-bond donors (Lipinski definition) is 1. The zero-order chi connectivity index (χ0) is 13.4. The molecule has 1 unspecified atom stereocenters. The molecule has 0 radical (unpaired) electrons. The number of aromatic nitrogens is 4. The Morgan fingerprint density at radius 1 is 1.42 bits per heavy atom. The number of anilines is 1. The number of nitrogen functional groups attached to an aromatic ring is 1. The number of carbonyl (C=O) groups excluding carboxylic acids is 1. The van der Waals surface area contributed by atoms with Crippen molar-refractivity contribution in [2.45, 2.75) is 31.7 Å². The molecule has 1 aliphatic carbocycles. The lowest BCUT2D eigenvalue weighted by atomic mass is 9.94. The van der Waals surface area contributed by atoms with E-state index in [4.69, 9.17) is 10.5 Å². The van der Waals surface area contributed by atoms with Crippen LogP contribution in [0.5, 0.6) is 5.88 Å². The van der Waals surface area contributed by atoms with Crippen LogP contribution in [0.1, 0.15) is 31.7 Å². The maximum atomic E-state index is 12.0. The number of carbonyl (C=O) groups is 1. The lowest BCUT2D eigenvalue weighted by Gasteiger charge is -2.21. The van der Waals surface area contributed by atoms with E-state index in [9.17, 15) is 4.79 Å². The van der Waals surface area contributed by atoms with E-state index in [1.807, 2.05) is 0 Å². The molecule has 2 aromatic heterocycles. The van der Waals surface area contributed by atoms with Crippen LogP contribution in [-0.2, 0) is 4.79 Å². The van der Waals surface area contributed by atoms with Crippen molar-refractivity contribution >= 4 is 22.9 Å². The first-order valence-electron chi connectivity index (χ1n) is 6.27. The number of nitrogens with two attached hydrogens (primary N) is 1. The van der Waals surface area contributed by atoms with Crippen LogP contribution in [0.3, 0.4) is 0 Å². The summed E-state index contributed by atoms with van der Waals surface area (Å²) in [5, 5.41) is 0. The molecule has 1 aliphatic rings. The molecule has 0 aromatic carbocycles. The standard InChI is InChI=1S/C12H15N5O2/c1-19-11-9-10(15-12(13)16-11)17(6-14-9)7-4-2-3-5-8(7)18/h6-7H,2-5H2,1H3,(H2,13,15,16). The quantitative estimate of drug-likeness (QED) is 0.869. The monoisotopic (exact) mass is 261 g/mol. The SMILES string of the molecule is COc1nc(N)nc2c1ncn2C1CCCCC1=O. The van der Waals surface area contributed by atoms with E-state index in [0.29, 0.717) is 23.5 Å². The molecule has 2 aromatic rings. The second kappa shape index (κ2) is 4.49. The Morgan fingerprint density at radius 2 is 2.26 bits per heavy atom. The summed E-state index contributed by atoms with van der Waals surface area (Å²) in [6.45, 7) is 0. The molecule has 1 saturated carbocycles. The molecule has 2 heterocycles. The summed E-state index contributed by atoms with van der Waals surface area (Å²) in [6, 6.07) is -0.197. The van der Waals surface area contributed by atoms with Gasteiger partial charge in [-0.3, -0.25) is 4.79 Å². The van der Waals surface area contributed by atoms with Crippen LogP contribution in [-0.4, -0.2) is 32.4 Å². The molecule has 2 N–H and O–H groups in total. The Kier molecular flexibility index (Phi) is 2.81. The van der Waals surface area contributed by atoms with Crippen LogP contribution in [0.4, 0.5) is 5.95 Å². The van der Waals surface area contributed by atoms with Crippen molar-refractivity contribution in [3.8, 4) is 5.88 Å². The van der Waals surface area contributed by atoms with Gasteiger partial charge < -0.3 is 15.0 Å². The first-order valence-corrected chi connectivity index (χ1v) is 6.27. The van der Waals surface area contributed by atoms with Crippen LogP contribution in [0.2, 0.25) is 0 Å². The molecular weight excluding hydrogens is 246 g/mol. The molecule has 0 aliphatic heterocycles. The molecule has 0 amide bonds. The third kappa shape index (κ3) is 1.91. The van der Waals surface area contributed by atoms with Gasteiger partial charge in [0.2, 0.25) is 11.8 Å². The Morgan fingerprint density at radius 3 is 3.00 bits per heavy atom. The fourth-order valence-electron chi connectivity index (χ4n) is 2.54. The van der Waals surface area contributed by atoms with Crippen molar-refractivity contribution in [2.75, 3.05) is 12.8 Å². The van der Waals surface area contributed by atoms with E-state index in [1.54, 1.807) is 10.9 Å². The van der Waals surface area contributed by atoms with Crippen molar-refractivity contribution in [3.63, 3.8) is 0 Å². The normalized spacial score (nSPS) is 19.8. The highest BCUT2D eigenvalue weighted by molar-refractivity contribution is 5.86. The summed E-state index contributed by atoms with van der Waals surface area (Å²) >= 11 is 0. The molecule has 100 valence electrons. The van der Waals surface area contributed by atoms with Gasteiger partial charge in [-0.1, -0.05) is 6.42 Å². The lowest BCUT2D eigenvalue weighted by molar-refractivity contribution is -0.123. The maximum absolute atomic E-state index is 12.0. The van der Waals surface area contributed by atoms with Gasteiger partial charge in [0.25, 0.3) is 0 Å². The summed E-state index contributed by atoms with van der Waals surface area (Å²) < 4.78 is 6.93. The Labute approximate surface area is 109 Å². The minimum atomic E-state index is -0.197. The van der Waals surface area contributed by atoms with Gasteiger partial charge in [-0.2, -0.15) is 9.97 Å². The highest BCUT2D eigenvalue weighted by Gasteiger charge is 2.26. The third-order valence-corrected chi connectivity index (χ3v) is 3.46. The largest absolute Gasteiger partial charge is 0.479 e. The first kappa shape index (κ1) is 11.9. The van der Waals surface area contributed by atoms with Crippen molar-refractivity contribution < 1.29 is 9.53 Å². The minimum Gasteiger partial charge on any atom is -0.479 e. The van der Waals surface area contributed by atoms with Crippen LogP contribution in [0, 0.1) is 0 Å². The first-order chi connectivity index (χ1) is 9.20. The summed E-state index contributed by atoms with van der Waals surface area (Å²) in [5.41, 5.74) is 6.76. The zero-order valence-electron chi connectivity index (χ0n) is 10.7. The van der Waals surface area contributed by atoms with Gasteiger partial charge in [0.05, 0.1) is 19.5 Å². The molecule has 0 saturated heterocycles. The van der Waals surface area contributed by atoms with Crippen LogP contribution in [0.25, 0.3) is 11.2 Å². The van der Waals surface area contributed by atoms with Gasteiger partial charge in [-0.05, 0) is 12.8 Å². The number of rotatable bonds is 2. The molecular formula is C12H15N5O2. The average molecular weight is 261 g/mol. The van der Waals surface area contributed by atoms with Gasteiger partial charge >= 0.3 is 0 Å². The number of fused-ring (bicyclic) bond motifs is 1. The van der Waals surface area contributed by atoms with Gasteiger partial charge in [0.15, 0.2) is 16.9 Å². The predicted molar refractivity (Wildman–Crippen MR) is 68.8 cm³/mol. The maximum Gasteiger partial charge on any atom is 0.246 e. The van der Waals surface area contributed by atoms with E-state index in [0.717, 1.165) is 19.3 Å². The smallest absolute Gasteiger partial charge is 0.246 e. The van der Waals surface area contributed by atoms with E-state index >= 15 is 0 Å². The molecule has 3 rings (SSSR count). The minimum absolute atomic E-state index is 0.120. The zero-order valence-corrected chi connectivity index (χ0v) is 10.7. The van der Waals surface area contributed by atoms with E-state index in [-0.39, 0.29) is 17.8 Å². The number of hydrogen-bond acceptors (Lipinski definition) is 6. The van der Waals surface area contributed by atoms with Crippen LogP contribution >= 0.6 is 0 Å². The van der Waals surface area contributed by atoms with E-state index in [1.165, 1.54) is 7.11 Å². The lowest BCUT2D eigenvalue weighted by Crippen LogP contribution is -2.22. The fourth-order valence-corrected chi connectivity index (χ4v) is 2.54. The van der Waals surface area contributed by atoms with Gasteiger partial charge in [0, 0.05) is 6.42 Å². The second-order valence-corrected chi connectivity index (χ2v) is 4.64. The highest BCUT2D eigenvalue weighted by Crippen LogP contribution is 2.30. The fraction of sp³-hybridized carbons (Fsp3) is 0.500. The van der Waals surface area contributed by atoms with Gasteiger partial charge in [0.1, 0.15) is 0 Å². The molecule has 7 heteroatoms. The number of imidazole rings is 1. The Hall–Kier alpha value is -2.18. The summed E-state index contributed by atoms with van der Waals surface area (Å²) in [6.07, 6.45) is 5.05. The highest BCUT2D eigenvalue weighted by atomic mass is 16.5. The molecule has 1 fully saturated rings. The van der Waals surface area contributed by atoms with Crippen molar-refractivity contribution in [3.05, 3.63) is 6.33 Å². The Bertz CT molecular complexity index is 636. The second-order valence-electron chi connectivity index (χ2n) is 4.64. The number of methoxy groups -OCH3 is 1. The van der Waals surface area contributed by atoms with Crippen LogP contribution < -0.4 is 10.5 Å². The molecule has 1 atom stereocenters. The summed E-state index contributed by atoms with van der Waals surface area (Å²) in [4.78, 5) is 24.4. The number of ketones is 1. The third-order valence-electron chi connectivity index (χ3n) is 3.46. The van der Waals surface area contributed by atoms with Gasteiger partial charge in [-0.15, -0.1) is 0 Å². The van der Waals surface area contributed by atoms with Crippen molar-refractivity contribution in [2.24, 2.45) is 0 Å². The van der Waals surface area contributed by atoms with E-state index < -0.39 is 0 Å². The Balaban J connectivity index is 2.14. The molecule has 0 bridgehead atoms. The number of Topliss-reactive ketones (excluding diaryl/α,β-unsaturated/α-hetero) is 1. The average Bonchev–Trinajstić information content (AvgIpc) is 2.82. The summed E-state index contributed by atoms with van der Waals surface area (Å²) in [5.74, 6) is 0.681. The summed E-state index contributed by atoms with van der Waals surface area (Å²) in [7, 11) is 1.51. The molecule has 7 nitrogen and oxygen atoms in total. The molecule has 0 spiro atoms. The predicted octanol–water partition coefficient (Wildman–Crippen LogP) is 1.10. The number of nitrogens with zero attached hydrogens (tertiary/aromatic N) is 4. The van der Waals surface area contributed by atoms with Crippen molar-refractivity contribution in [1.82, 2.24) is 19.5 Å². The number of ether oxygens (including phenoxy) is 1. The molecule has 19 heavy (non-hydrogen) atoms. The van der Waals surface area contributed by atoms with Crippen LogP contribution in [0.15, 0.2) is 6.33 Å². The van der Waals surface area contributed by atoms with E-state index in [2.05, 4.69) is 15.0 Å². The van der Waals surface area contributed by atoms with Crippen molar-refractivity contribution in [1.29, 1.82) is 0 Å².